The molecule has 0 aromatic heterocycles. The average molecular weight is 535 g/mol. The first kappa shape index (κ1) is 28.6. The van der Waals surface area contributed by atoms with Crippen molar-refractivity contribution in [3.63, 3.8) is 0 Å². The van der Waals surface area contributed by atoms with Crippen LogP contribution in [0.1, 0.15) is 68.8 Å². The van der Waals surface area contributed by atoms with E-state index in [-0.39, 0.29) is 17.7 Å². The molecule has 39 heavy (non-hydrogen) atoms. The van der Waals surface area contributed by atoms with Crippen molar-refractivity contribution in [2.45, 2.75) is 71.0 Å². The molecular weight excluding hydrogens is 492 g/mol. The van der Waals surface area contributed by atoms with Gasteiger partial charge in [-0.05, 0) is 73.6 Å². The van der Waals surface area contributed by atoms with Gasteiger partial charge in [0.25, 0.3) is 5.91 Å². The highest BCUT2D eigenvalue weighted by molar-refractivity contribution is 6.00. The first-order valence-electron chi connectivity index (χ1n) is 14.2. The van der Waals surface area contributed by atoms with Gasteiger partial charge >= 0.3 is 0 Å². The molecule has 0 bridgehead atoms. The summed E-state index contributed by atoms with van der Waals surface area (Å²) in [7, 11) is 1.61. The van der Waals surface area contributed by atoms with E-state index in [1.165, 1.54) is 0 Å². The van der Waals surface area contributed by atoms with Crippen LogP contribution in [0.15, 0.2) is 48.5 Å². The third kappa shape index (κ3) is 6.61. The Morgan fingerprint density at radius 3 is 2.23 bits per heavy atom. The van der Waals surface area contributed by atoms with E-state index in [9.17, 15) is 14.4 Å². The summed E-state index contributed by atoms with van der Waals surface area (Å²) < 4.78 is 5.94. The third-order valence-electron chi connectivity index (χ3n) is 7.84. The van der Waals surface area contributed by atoms with Gasteiger partial charge in [-0.25, -0.2) is 0 Å². The van der Waals surface area contributed by atoms with Crippen LogP contribution in [-0.2, 0) is 16.1 Å². The van der Waals surface area contributed by atoms with Gasteiger partial charge in [0.2, 0.25) is 11.8 Å². The SMILES string of the molecule is CCCCN1C(=O)C(CC(C)C)NC(=O)C12CCN(Cc1ccc(Oc3ccc(C(=O)NC)cc3)cc1)CC2. The number of piperidine rings is 1. The molecule has 2 N–H and O–H groups in total. The van der Waals surface area contributed by atoms with Crippen LogP contribution in [0.5, 0.6) is 11.5 Å². The minimum atomic E-state index is -0.735. The highest BCUT2D eigenvalue weighted by Gasteiger charge is 2.53. The third-order valence-corrected chi connectivity index (χ3v) is 7.84. The molecular formula is C31H42N4O4. The van der Waals surface area contributed by atoms with Gasteiger partial charge in [-0.15, -0.1) is 0 Å². The molecule has 2 saturated heterocycles. The van der Waals surface area contributed by atoms with Crippen molar-refractivity contribution in [1.82, 2.24) is 20.4 Å². The number of hydrogen-bond donors (Lipinski definition) is 2. The van der Waals surface area contributed by atoms with E-state index < -0.39 is 11.6 Å². The normalized spacial score (nSPS) is 19.3. The Morgan fingerprint density at radius 1 is 1.05 bits per heavy atom. The quantitative estimate of drug-likeness (QED) is 0.473. The molecule has 1 spiro atoms. The molecule has 8 heteroatoms. The number of hydrogen-bond acceptors (Lipinski definition) is 5. The highest BCUT2D eigenvalue weighted by atomic mass is 16.5. The molecule has 0 radical (unpaired) electrons. The van der Waals surface area contributed by atoms with E-state index in [1.54, 1.807) is 31.3 Å². The number of nitrogens with zero attached hydrogens (tertiary/aromatic N) is 2. The number of nitrogens with one attached hydrogen (secondary N) is 2. The lowest BCUT2D eigenvalue weighted by Gasteiger charge is -2.52. The second-order valence-corrected chi connectivity index (χ2v) is 11.2. The van der Waals surface area contributed by atoms with Crippen LogP contribution in [0.3, 0.4) is 0 Å². The van der Waals surface area contributed by atoms with Crippen molar-refractivity contribution in [3.05, 3.63) is 59.7 Å². The second-order valence-electron chi connectivity index (χ2n) is 11.2. The number of benzene rings is 2. The van der Waals surface area contributed by atoms with Gasteiger partial charge in [-0.2, -0.15) is 0 Å². The van der Waals surface area contributed by atoms with Gasteiger partial charge in [0.1, 0.15) is 23.1 Å². The Bertz CT molecular complexity index is 1140. The lowest BCUT2D eigenvalue weighted by Crippen LogP contribution is -2.73. The maximum atomic E-state index is 13.4. The predicted octanol–water partition coefficient (Wildman–Crippen LogP) is 4.35. The molecule has 2 aromatic rings. The summed E-state index contributed by atoms with van der Waals surface area (Å²) in [6.45, 7) is 9.23. The van der Waals surface area contributed by atoms with Gasteiger partial charge in [0.05, 0.1) is 0 Å². The molecule has 4 rings (SSSR count). The van der Waals surface area contributed by atoms with Crippen LogP contribution in [0, 0.1) is 5.92 Å². The lowest BCUT2D eigenvalue weighted by molar-refractivity contribution is -0.161. The smallest absolute Gasteiger partial charge is 0.251 e. The maximum Gasteiger partial charge on any atom is 0.251 e. The molecule has 1 atom stereocenters. The fourth-order valence-corrected chi connectivity index (χ4v) is 5.60. The molecule has 0 aliphatic carbocycles. The zero-order valence-electron chi connectivity index (χ0n) is 23.7. The summed E-state index contributed by atoms with van der Waals surface area (Å²) in [5.41, 5.74) is 1.01. The highest BCUT2D eigenvalue weighted by Crippen LogP contribution is 2.35. The average Bonchev–Trinajstić information content (AvgIpc) is 2.93. The number of carbonyl (C=O) groups excluding carboxylic acids is 3. The topological polar surface area (TPSA) is 91.0 Å². The Morgan fingerprint density at radius 2 is 1.67 bits per heavy atom. The molecule has 1 unspecified atom stereocenters. The van der Waals surface area contributed by atoms with Crippen LogP contribution in [0.2, 0.25) is 0 Å². The zero-order valence-corrected chi connectivity index (χ0v) is 23.7. The number of rotatable bonds is 10. The minimum Gasteiger partial charge on any atom is -0.457 e. The van der Waals surface area contributed by atoms with Crippen molar-refractivity contribution in [3.8, 4) is 11.5 Å². The maximum absolute atomic E-state index is 13.4. The number of unbranched alkanes of at least 4 members (excludes halogenated alkanes) is 1. The Balaban J connectivity index is 1.35. The molecule has 2 fully saturated rings. The van der Waals surface area contributed by atoms with E-state index in [0.717, 1.165) is 43.8 Å². The number of piperazine rings is 1. The molecule has 210 valence electrons. The summed E-state index contributed by atoms with van der Waals surface area (Å²) in [6.07, 6.45) is 3.87. The molecule has 2 aromatic carbocycles. The lowest BCUT2D eigenvalue weighted by atomic mass is 9.80. The first-order chi connectivity index (χ1) is 18.8. The van der Waals surface area contributed by atoms with E-state index in [0.29, 0.717) is 43.0 Å². The van der Waals surface area contributed by atoms with Crippen LogP contribution < -0.4 is 15.4 Å². The number of amides is 3. The molecule has 2 aliphatic rings. The molecule has 3 amide bonds. The fraction of sp³-hybridized carbons (Fsp3) is 0.516. The predicted molar refractivity (Wildman–Crippen MR) is 152 cm³/mol. The van der Waals surface area contributed by atoms with Crippen molar-refractivity contribution < 1.29 is 19.1 Å². The molecule has 0 saturated carbocycles. The zero-order chi connectivity index (χ0) is 28.0. The summed E-state index contributed by atoms with van der Waals surface area (Å²) in [6, 6.07) is 14.6. The molecule has 2 aliphatic heterocycles. The van der Waals surface area contributed by atoms with E-state index in [2.05, 4.69) is 48.4 Å². The van der Waals surface area contributed by atoms with Crippen molar-refractivity contribution in [2.24, 2.45) is 5.92 Å². The van der Waals surface area contributed by atoms with E-state index in [4.69, 9.17) is 4.74 Å². The number of carbonyl (C=O) groups is 3. The van der Waals surface area contributed by atoms with Crippen molar-refractivity contribution in [1.29, 1.82) is 0 Å². The Labute approximate surface area is 232 Å². The molecule has 2 heterocycles. The first-order valence-corrected chi connectivity index (χ1v) is 14.2. The van der Waals surface area contributed by atoms with Crippen molar-refractivity contribution >= 4 is 17.7 Å². The Hall–Kier alpha value is -3.39. The van der Waals surface area contributed by atoms with Crippen LogP contribution in [-0.4, -0.2) is 65.8 Å². The van der Waals surface area contributed by atoms with Gasteiger partial charge in [-0.1, -0.05) is 39.3 Å². The minimum absolute atomic E-state index is 0.0216. The largest absolute Gasteiger partial charge is 0.457 e. The van der Waals surface area contributed by atoms with Crippen LogP contribution in [0.25, 0.3) is 0 Å². The second kappa shape index (κ2) is 12.6. The summed E-state index contributed by atoms with van der Waals surface area (Å²) in [4.78, 5) is 42.9. The Kier molecular flexibility index (Phi) is 9.28. The summed E-state index contributed by atoms with van der Waals surface area (Å²) in [5, 5.41) is 5.69. The van der Waals surface area contributed by atoms with Gasteiger partial charge in [-0.3, -0.25) is 19.3 Å². The van der Waals surface area contributed by atoms with E-state index >= 15 is 0 Å². The number of likely N-dealkylation sites (tertiary alicyclic amines) is 1. The van der Waals surface area contributed by atoms with Gasteiger partial charge in [0, 0.05) is 38.8 Å². The fourth-order valence-electron chi connectivity index (χ4n) is 5.60. The van der Waals surface area contributed by atoms with Crippen molar-refractivity contribution in [2.75, 3.05) is 26.7 Å². The van der Waals surface area contributed by atoms with Gasteiger partial charge in [0.15, 0.2) is 0 Å². The number of ether oxygens (including phenoxy) is 1. The van der Waals surface area contributed by atoms with E-state index in [1.807, 2.05) is 17.0 Å². The van der Waals surface area contributed by atoms with Gasteiger partial charge < -0.3 is 20.3 Å². The monoisotopic (exact) mass is 534 g/mol. The standard InChI is InChI=1S/C31H42N4O4/c1-5-6-17-35-29(37)27(20-22(2)3)33-30(38)31(35)15-18-34(19-16-31)21-23-7-11-25(12-8-23)39-26-13-9-24(10-14-26)28(36)32-4/h7-14,22,27H,5-6,15-21H2,1-4H3,(H,32,36)(H,33,38). The molecule has 8 nitrogen and oxygen atoms in total. The summed E-state index contributed by atoms with van der Waals surface area (Å²) >= 11 is 0. The van der Waals surface area contributed by atoms with Crippen LogP contribution >= 0.6 is 0 Å². The summed E-state index contributed by atoms with van der Waals surface area (Å²) in [5.74, 6) is 1.71. The van der Waals surface area contributed by atoms with Crippen LogP contribution in [0.4, 0.5) is 0 Å².